The van der Waals surface area contributed by atoms with E-state index in [0.29, 0.717) is 5.95 Å². The van der Waals surface area contributed by atoms with Crippen molar-refractivity contribution in [3.8, 4) is 22.9 Å². The highest BCUT2D eigenvalue weighted by atomic mass is 32.1. The minimum absolute atomic E-state index is 0.677. The molecule has 0 radical (unpaired) electrons. The average Bonchev–Trinajstić information content (AvgIpc) is 3.81. The van der Waals surface area contributed by atoms with E-state index in [1.807, 2.05) is 0 Å². The van der Waals surface area contributed by atoms with E-state index in [2.05, 4.69) is 167 Å². The number of hydrogen-bond donors (Lipinski definition) is 0. The first kappa shape index (κ1) is 26.7. The van der Waals surface area contributed by atoms with Gasteiger partial charge in [0.2, 0.25) is 5.95 Å². The summed E-state index contributed by atoms with van der Waals surface area (Å²) in [6.45, 7) is 0. The zero-order chi connectivity index (χ0) is 32.1. The number of aromatic nitrogens is 4. The molecule has 0 fully saturated rings. The zero-order valence-electron chi connectivity index (χ0n) is 26.2. The first-order valence-corrected chi connectivity index (χ1v) is 17.3. The summed E-state index contributed by atoms with van der Waals surface area (Å²) >= 11 is 1.77. The van der Waals surface area contributed by atoms with Crippen molar-refractivity contribution in [3.05, 3.63) is 158 Å². The molecule has 4 nitrogen and oxygen atoms in total. The molecule has 0 saturated carbocycles. The largest absolute Gasteiger partial charge is 0.309 e. The first-order valence-electron chi connectivity index (χ1n) is 16.5. The van der Waals surface area contributed by atoms with Gasteiger partial charge < -0.3 is 4.57 Å². The Morgan fingerprint density at radius 1 is 0.429 bits per heavy atom. The lowest BCUT2D eigenvalue weighted by Gasteiger charge is -2.11. The van der Waals surface area contributed by atoms with Crippen LogP contribution in [0.15, 0.2) is 158 Å². The molecule has 0 aliphatic carbocycles. The molecule has 0 aliphatic rings. The van der Waals surface area contributed by atoms with E-state index in [9.17, 15) is 0 Å². The molecule has 7 aromatic carbocycles. The normalized spacial score (nSPS) is 12.1. The SMILES string of the molecule is c1ccc(-n2c3ccccc3c3cc4c(cc32)c2ccccc2n4-c2nc(-c3ccc4ccccc4c3)c3sc4ccccc4c3n2)cc1. The first-order chi connectivity index (χ1) is 24.3. The van der Waals surface area contributed by atoms with E-state index in [1.54, 1.807) is 11.3 Å². The van der Waals surface area contributed by atoms with Crippen molar-refractivity contribution in [3.63, 3.8) is 0 Å². The third-order valence-electron chi connectivity index (χ3n) is 9.91. The second-order valence-electron chi connectivity index (χ2n) is 12.6. The minimum Gasteiger partial charge on any atom is -0.309 e. The number of benzene rings is 7. The van der Waals surface area contributed by atoms with E-state index >= 15 is 0 Å². The Kier molecular flexibility index (Phi) is 5.51. The fourth-order valence-electron chi connectivity index (χ4n) is 7.71. The highest BCUT2D eigenvalue weighted by Gasteiger charge is 2.22. The third-order valence-corrected chi connectivity index (χ3v) is 11.1. The lowest BCUT2D eigenvalue weighted by molar-refractivity contribution is 1.02. The van der Waals surface area contributed by atoms with Crippen LogP contribution in [-0.4, -0.2) is 19.1 Å². The fourth-order valence-corrected chi connectivity index (χ4v) is 8.87. The lowest BCUT2D eigenvalue weighted by atomic mass is 10.0. The van der Waals surface area contributed by atoms with E-state index < -0.39 is 0 Å². The van der Waals surface area contributed by atoms with Gasteiger partial charge in [-0.1, -0.05) is 109 Å². The Labute approximate surface area is 284 Å². The summed E-state index contributed by atoms with van der Waals surface area (Å²) in [6, 6.07) is 56.5. The quantitative estimate of drug-likeness (QED) is 0.192. The number of fused-ring (bicyclic) bond motifs is 10. The summed E-state index contributed by atoms with van der Waals surface area (Å²) < 4.78 is 6.97. The van der Waals surface area contributed by atoms with Crippen molar-refractivity contribution < 1.29 is 0 Å². The van der Waals surface area contributed by atoms with Crippen molar-refractivity contribution in [2.75, 3.05) is 0 Å². The molecule has 11 aromatic rings. The van der Waals surface area contributed by atoms with Gasteiger partial charge in [0.05, 0.1) is 38.0 Å². The second-order valence-corrected chi connectivity index (χ2v) is 13.7. The van der Waals surface area contributed by atoms with Crippen molar-refractivity contribution >= 4 is 86.0 Å². The fraction of sp³-hybridized carbons (Fsp3) is 0. The van der Waals surface area contributed by atoms with Crippen LogP contribution >= 0.6 is 11.3 Å². The van der Waals surface area contributed by atoms with Crippen LogP contribution in [0, 0.1) is 0 Å². The maximum atomic E-state index is 5.47. The van der Waals surface area contributed by atoms with Crippen molar-refractivity contribution in [1.82, 2.24) is 19.1 Å². The Balaban J connectivity index is 1.27. The van der Waals surface area contributed by atoms with Gasteiger partial charge in [0.1, 0.15) is 0 Å². The number of thiophene rings is 1. The van der Waals surface area contributed by atoms with Gasteiger partial charge in [-0.05, 0) is 59.3 Å². The minimum atomic E-state index is 0.677. The van der Waals surface area contributed by atoms with E-state index in [1.165, 1.54) is 48.1 Å². The summed E-state index contributed by atoms with van der Waals surface area (Å²) in [4.78, 5) is 10.9. The third kappa shape index (κ3) is 3.85. The van der Waals surface area contributed by atoms with E-state index in [0.717, 1.165) is 43.6 Å². The molecule has 4 aromatic heterocycles. The summed E-state index contributed by atoms with van der Waals surface area (Å²) in [7, 11) is 0. The molecule has 0 N–H and O–H groups in total. The van der Waals surface area contributed by atoms with Gasteiger partial charge in [0.25, 0.3) is 0 Å². The van der Waals surface area contributed by atoms with E-state index in [4.69, 9.17) is 9.97 Å². The van der Waals surface area contributed by atoms with Crippen LogP contribution in [0.5, 0.6) is 0 Å². The standard InChI is InChI=1S/C44H26N4S/c1-2-14-30(15-3-1)47-36-19-9-6-16-31(36)34-26-39-35(25-38(34)47)32-17-7-10-20-37(32)48(39)44-45-41(29-23-22-27-12-4-5-13-28(27)24-29)43-42(46-44)33-18-8-11-21-40(33)49-43/h1-26H. The average molecular weight is 643 g/mol. The molecule has 0 amide bonds. The summed E-state index contributed by atoms with van der Waals surface area (Å²) in [6.07, 6.45) is 0. The Hall–Kier alpha value is -6.30. The van der Waals surface area contributed by atoms with Gasteiger partial charge in [-0.2, -0.15) is 0 Å². The van der Waals surface area contributed by atoms with Gasteiger partial charge >= 0.3 is 0 Å². The highest BCUT2D eigenvalue weighted by molar-refractivity contribution is 7.26. The van der Waals surface area contributed by atoms with Crippen LogP contribution in [0.3, 0.4) is 0 Å². The molecule has 0 unspecified atom stereocenters. The molecule has 49 heavy (non-hydrogen) atoms. The molecule has 0 saturated heterocycles. The van der Waals surface area contributed by atoms with Gasteiger partial charge in [-0.3, -0.25) is 4.57 Å². The predicted molar refractivity (Wildman–Crippen MR) is 207 cm³/mol. The predicted octanol–water partition coefficient (Wildman–Crippen LogP) is 11.9. The van der Waals surface area contributed by atoms with Gasteiger partial charge in [0.15, 0.2) is 0 Å². The van der Waals surface area contributed by atoms with Crippen LogP contribution in [-0.2, 0) is 0 Å². The van der Waals surface area contributed by atoms with Crippen LogP contribution in [0.1, 0.15) is 0 Å². The highest BCUT2D eigenvalue weighted by Crippen LogP contribution is 2.42. The number of nitrogens with zero attached hydrogens (tertiary/aromatic N) is 4. The molecule has 0 bridgehead atoms. The summed E-state index contributed by atoms with van der Waals surface area (Å²) in [5, 5.41) is 8.34. The molecule has 5 heteroatoms. The summed E-state index contributed by atoms with van der Waals surface area (Å²) in [5.74, 6) is 0.677. The topological polar surface area (TPSA) is 35.6 Å². The van der Waals surface area contributed by atoms with Gasteiger partial charge in [0, 0.05) is 42.9 Å². The van der Waals surface area contributed by atoms with Gasteiger partial charge in [-0.25, -0.2) is 9.97 Å². The van der Waals surface area contributed by atoms with Gasteiger partial charge in [-0.15, -0.1) is 11.3 Å². The molecule has 11 rings (SSSR count). The van der Waals surface area contributed by atoms with Crippen LogP contribution < -0.4 is 0 Å². The van der Waals surface area contributed by atoms with Crippen molar-refractivity contribution in [2.45, 2.75) is 0 Å². The molecular formula is C44H26N4S. The zero-order valence-corrected chi connectivity index (χ0v) is 27.0. The Morgan fingerprint density at radius 3 is 1.82 bits per heavy atom. The number of para-hydroxylation sites is 3. The molecule has 0 atom stereocenters. The molecule has 228 valence electrons. The lowest BCUT2D eigenvalue weighted by Crippen LogP contribution is -2.02. The van der Waals surface area contributed by atoms with Crippen molar-refractivity contribution in [2.24, 2.45) is 0 Å². The van der Waals surface area contributed by atoms with Crippen LogP contribution in [0.4, 0.5) is 0 Å². The maximum Gasteiger partial charge on any atom is 0.235 e. The maximum absolute atomic E-state index is 5.47. The van der Waals surface area contributed by atoms with Crippen LogP contribution in [0.25, 0.3) is 97.6 Å². The van der Waals surface area contributed by atoms with E-state index in [-0.39, 0.29) is 0 Å². The Bertz CT molecular complexity index is 3110. The molecular weight excluding hydrogens is 617 g/mol. The van der Waals surface area contributed by atoms with Crippen LogP contribution in [0.2, 0.25) is 0 Å². The molecule has 0 spiro atoms. The second kappa shape index (κ2) is 10.1. The monoisotopic (exact) mass is 642 g/mol. The number of rotatable bonds is 3. The Morgan fingerprint density at radius 2 is 1.04 bits per heavy atom. The summed E-state index contributed by atoms with van der Waals surface area (Å²) in [5.41, 5.74) is 8.73. The smallest absolute Gasteiger partial charge is 0.235 e. The number of hydrogen-bond acceptors (Lipinski definition) is 3. The van der Waals surface area contributed by atoms with Crippen molar-refractivity contribution in [1.29, 1.82) is 0 Å². The molecule has 4 heterocycles. The molecule has 0 aliphatic heterocycles.